The molecule has 0 aliphatic carbocycles. The third kappa shape index (κ3) is 4.08. The van der Waals surface area contributed by atoms with Gasteiger partial charge in [-0.2, -0.15) is 0 Å². The molecule has 26 heavy (non-hydrogen) atoms. The van der Waals surface area contributed by atoms with Crippen LogP contribution in [0.15, 0.2) is 72.8 Å². The topological polar surface area (TPSA) is 84.2 Å². The number of aryl methyl sites for hydroxylation is 1. The molecule has 3 aromatic carbocycles. The highest BCUT2D eigenvalue weighted by Crippen LogP contribution is 2.17. The Hall–Kier alpha value is -3.60. The second kappa shape index (κ2) is 7.53. The number of amides is 2. The molecule has 0 atom stereocenters. The zero-order valence-electron chi connectivity index (χ0n) is 14.3. The Bertz CT molecular complexity index is 949. The number of benzene rings is 3. The standard InChI is InChI=1S/C21H19N3O2/c1-14-5-2-3-8-19(14)24-21(26)16-6-4-7-18(13-16)23-20(25)15-9-11-17(22)12-10-15/h2-13H,22H2,1H3,(H,23,25)(H,24,26). The molecule has 0 saturated carbocycles. The van der Waals surface area contributed by atoms with Gasteiger partial charge in [-0.1, -0.05) is 24.3 Å². The van der Waals surface area contributed by atoms with E-state index in [1.54, 1.807) is 48.5 Å². The summed E-state index contributed by atoms with van der Waals surface area (Å²) < 4.78 is 0. The van der Waals surface area contributed by atoms with Gasteiger partial charge in [0.2, 0.25) is 0 Å². The molecule has 0 spiro atoms. The average Bonchev–Trinajstić information content (AvgIpc) is 2.64. The van der Waals surface area contributed by atoms with Gasteiger partial charge < -0.3 is 16.4 Å². The van der Waals surface area contributed by atoms with Crippen molar-refractivity contribution >= 4 is 28.9 Å². The van der Waals surface area contributed by atoms with Crippen LogP contribution in [0.4, 0.5) is 17.1 Å². The largest absolute Gasteiger partial charge is 0.399 e. The monoisotopic (exact) mass is 345 g/mol. The molecule has 4 N–H and O–H groups in total. The van der Waals surface area contributed by atoms with Gasteiger partial charge in [0.05, 0.1) is 0 Å². The first kappa shape index (κ1) is 17.2. The SMILES string of the molecule is Cc1ccccc1NC(=O)c1cccc(NC(=O)c2ccc(N)cc2)c1. The molecule has 0 fully saturated rings. The van der Waals surface area contributed by atoms with Gasteiger partial charge in [-0.25, -0.2) is 0 Å². The van der Waals surface area contributed by atoms with Gasteiger partial charge in [0.1, 0.15) is 0 Å². The lowest BCUT2D eigenvalue weighted by Crippen LogP contribution is -2.15. The molecular weight excluding hydrogens is 326 g/mol. The number of anilines is 3. The normalized spacial score (nSPS) is 10.2. The predicted molar refractivity (Wildman–Crippen MR) is 104 cm³/mol. The molecule has 0 saturated heterocycles. The number of hydrogen-bond donors (Lipinski definition) is 3. The van der Waals surface area contributed by atoms with Crippen LogP contribution in [0.25, 0.3) is 0 Å². The van der Waals surface area contributed by atoms with Crippen LogP contribution in [0.1, 0.15) is 26.3 Å². The van der Waals surface area contributed by atoms with E-state index in [0.717, 1.165) is 11.3 Å². The molecule has 0 aromatic heterocycles. The summed E-state index contributed by atoms with van der Waals surface area (Å²) >= 11 is 0. The molecule has 5 nitrogen and oxygen atoms in total. The number of rotatable bonds is 4. The molecule has 2 amide bonds. The summed E-state index contributed by atoms with van der Waals surface area (Å²) in [5.74, 6) is -0.496. The van der Waals surface area contributed by atoms with E-state index < -0.39 is 0 Å². The number of hydrogen-bond acceptors (Lipinski definition) is 3. The first-order chi connectivity index (χ1) is 12.5. The second-order valence-electron chi connectivity index (χ2n) is 5.93. The number of carbonyl (C=O) groups excluding carboxylic acids is 2. The summed E-state index contributed by atoms with van der Waals surface area (Å²) in [7, 11) is 0. The maximum Gasteiger partial charge on any atom is 0.255 e. The van der Waals surface area contributed by atoms with E-state index in [9.17, 15) is 9.59 Å². The lowest BCUT2D eigenvalue weighted by atomic mass is 10.1. The third-order valence-electron chi connectivity index (χ3n) is 3.95. The fourth-order valence-corrected chi connectivity index (χ4v) is 2.48. The zero-order chi connectivity index (χ0) is 18.5. The molecule has 0 aliphatic heterocycles. The van der Waals surface area contributed by atoms with Crippen molar-refractivity contribution in [1.29, 1.82) is 0 Å². The maximum absolute atomic E-state index is 12.5. The number of nitrogens with two attached hydrogens (primary N) is 1. The van der Waals surface area contributed by atoms with Crippen molar-refractivity contribution in [3.05, 3.63) is 89.5 Å². The molecule has 3 aromatic rings. The van der Waals surface area contributed by atoms with Crippen molar-refractivity contribution in [2.24, 2.45) is 0 Å². The molecule has 0 radical (unpaired) electrons. The zero-order valence-corrected chi connectivity index (χ0v) is 14.3. The van der Waals surface area contributed by atoms with E-state index in [0.29, 0.717) is 22.5 Å². The predicted octanol–water partition coefficient (Wildman–Crippen LogP) is 4.08. The van der Waals surface area contributed by atoms with Gasteiger partial charge in [-0.3, -0.25) is 9.59 Å². The van der Waals surface area contributed by atoms with Gasteiger partial charge in [-0.05, 0) is 61.0 Å². The van der Waals surface area contributed by atoms with Crippen LogP contribution in [0.3, 0.4) is 0 Å². The quantitative estimate of drug-likeness (QED) is 0.623. The van der Waals surface area contributed by atoms with E-state index in [1.165, 1.54) is 0 Å². The smallest absolute Gasteiger partial charge is 0.255 e. The Morgan fingerprint density at radius 1 is 0.769 bits per heavy atom. The van der Waals surface area contributed by atoms with Gasteiger partial charge in [0.15, 0.2) is 0 Å². The van der Waals surface area contributed by atoms with Gasteiger partial charge in [0.25, 0.3) is 11.8 Å². The Kier molecular flexibility index (Phi) is 4.99. The van der Waals surface area contributed by atoms with Gasteiger partial charge in [-0.15, -0.1) is 0 Å². The maximum atomic E-state index is 12.5. The minimum Gasteiger partial charge on any atom is -0.399 e. The Morgan fingerprint density at radius 2 is 1.46 bits per heavy atom. The van der Waals surface area contributed by atoms with E-state index in [1.807, 2.05) is 31.2 Å². The van der Waals surface area contributed by atoms with Crippen LogP contribution in [0, 0.1) is 6.92 Å². The molecule has 0 unspecified atom stereocenters. The highest BCUT2D eigenvalue weighted by Gasteiger charge is 2.10. The minimum absolute atomic E-state index is 0.233. The van der Waals surface area contributed by atoms with Crippen LogP contribution in [0.2, 0.25) is 0 Å². The summed E-state index contributed by atoms with van der Waals surface area (Å²) in [4.78, 5) is 24.8. The summed E-state index contributed by atoms with van der Waals surface area (Å²) in [6, 6.07) is 21.0. The minimum atomic E-state index is -0.263. The van der Waals surface area contributed by atoms with Crippen molar-refractivity contribution < 1.29 is 9.59 Å². The van der Waals surface area contributed by atoms with Crippen molar-refractivity contribution in [2.45, 2.75) is 6.92 Å². The summed E-state index contributed by atoms with van der Waals surface area (Å²) in [5, 5.41) is 5.67. The number of para-hydroxylation sites is 1. The van der Waals surface area contributed by atoms with Crippen molar-refractivity contribution in [3.63, 3.8) is 0 Å². The van der Waals surface area contributed by atoms with Crippen LogP contribution < -0.4 is 16.4 Å². The van der Waals surface area contributed by atoms with E-state index in [2.05, 4.69) is 10.6 Å². The summed E-state index contributed by atoms with van der Waals surface area (Å²) in [6.45, 7) is 1.93. The van der Waals surface area contributed by atoms with Gasteiger partial charge in [0, 0.05) is 28.2 Å². The fourth-order valence-electron chi connectivity index (χ4n) is 2.48. The Morgan fingerprint density at radius 3 is 2.19 bits per heavy atom. The summed E-state index contributed by atoms with van der Waals surface area (Å²) in [6.07, 6.45) is 0. The number of carbonyl (C=O) groups is 2. The molecule has 0 bridgehead atoms. The number of nitrogens with one attached hydrogen (secondary N) is 2. The highest BCUT2D eigenvalue weighted by atomic mass is 16.2. The van der Waals surface area contributed by atoms with Crippen molar-refractivity contribution in [3.8, 4) is 0 Å². The molecule has 130 valence electrons. The molecule has 3 rings (SSSR count). The van der Waals surface area contributed by atoms with Crippen LogP contribution in [-0.2, 0) is 0 Å². The van der Waals surface area contributed by atoms with Crippen LogP contribution in [-0.4, -0.2) is 11.8 Å². The van der Waals surface area contributed by atoms with E-state index in [4.69, 9.17) is 5.73 Å². The molecule has 5 heteroatoms. The van der Waals surface area contributed by atoms with Crippen molar-refractivity contribution in [1.82, 2.24) is 0 Å². The van der Waals surface area contributed by atoms with E-state index in [-0.39, 0.29) is 11.8 Å². The lowest BCUT2D eigenvalue weighted by molar-refractivity contribution is 0.101. The third-order valence-corrected chi connectivity index (χ3v) is 3.95. The fraction of sp³-hybridized carbons (Fsp3) is 0.0476. The van der Waals surface area contributed by atoms with Crippen molar-refractivity contribution in [2.75, 3.05) is 16.4 Å². The second-order valence-corrected chi connectivity index (χ2v) is 5.93. The van der Waals surface area contributed by atoms with Crippen LogP contribution >= 0.6 is 0 Å². The Labute approximate surface area is 151 Å². The first-order valence-corrected chi connectivity index (χ1v) is 8.17. The molecule has 0 aliphatic rings. The highest BCUT2D eigenvalue weighted by molar-refractivity contribution is 6.07. The first-order valence-electron chi connectivity index (χ1n) is 8.17. The lowest BCUT2D eigenvalue weighted by Gasteiger charge is -2.10. The van der Waals surface area contributed by atoms with Gasteiger partial charge >= 0.3 is 0 Å². The average molecular weight is 345 g/mol. The molecular formula is C21H19N3O2. The molecule has 0 heterocycles. The number of nitrogen functional groups attached to an aromatic ring is 1. The van der Waals surface area contributed by atoms with Crippen LogP contribution in [0.5, 0.6) is 0 Å². The summed E-state index contributed by atoms with van der Waals surface area (Å²) in [5.41, 5.74) is 9.46. The van der Waals surface area contributed by atoms with E-state index >= 15 is 0 Å². The Balaban J connectivity index is 1.73.